The van der Waals surface area contributed by atoms with Crippen LogP contribution in [0.1, 0.15) is 120 Å². The van der Waals surface area contributed by atoms with E-state index in [-0.39, 0.29) is 0 Å². The van der Waals surface area contributed by atoms with Crippen molar-refractivity contribution in [3.63, 3.8) is 0 Å². The predicted octanol–water partition coefficient (Wildman–Crippen LogP) is 10.3. The van der Waals surface area contributed by atoms with Gasteiger partial charge in [0.2, 0.25) is 0 Å². The van der Waals surface area contributed by atoms with Crippen molar-refractivity contribution in [3.8, 4) is 0 Å². The van der Waals surface area contributed by atoms with Gasteiger partial charge >= 0.3 is 0 Å². The number of unbranched alkanes of at least 4 members (excludes halogenated alkanes) is 1. The normalized spacial score (nSPS) is 14.9. The Kier molecular flexibility index (Phi) is 15.8. The fourth-order valence-electron chi connectivity index (χ4n) is 3.72. The fourth-order valence-corrected chi connectivity index (χ4v) is 3.72. The molecule has 0 radical (unpaired) electrons. The molecule has 0 spiro atoms. The minimum atomic E-state index is 0.764. The summed E-state index contributed by atoms with van der Waals surface area (Å²) in [6.45, 7) is 20.5. The Morgan fingerprint density at radius 2 is 1.52 bits per heavy atom. The number of hydrogen-bond acceptors (Lipinski definition) is 0. The van der Waals surface area contributed by atoms with Crippen LogP contribution in [0.25, 0.3) is 0 Å². The van der Waals surface area contributed by atoms with Crippen molar-refractivity contribution in [2.45, 2.75) is 120 Å². The summed E-state index contributed by atoms with van der Waals surface area (Å²) in [6.07, 6.45) is 20.3. The van der Waals surface area contributed by atoms with Gasteiger partial charge in [-0.25, -0.2) is 0 Å². The molecule has 166 valence electrons. The largest absolute Gasteiger partial charge is 0.0887 e. The Bertz CT molecular complexity index is 600. The quantitative estimate of drug-likeness (QED) is 0.201. The van der Waals surface area contributed by atoms with Crippen LogP contribution in [0.2, 0.25) is 0 Å². The van der Waals surface area contributed by atoms with E-state index in [1.807, 2.05) is 0 Å². The molecular weight excluding hydrogens is 348 g/mol. The highest BCUT2D eigenvalue weighted by Gasteiger charge is 2.15. The minimum Gasteiger partial charge on any atom is -0.0887 e. The molecule has 0 bridgehead atoms. The van der Waals surface area contributed by atoms with Crippen molar-refractivity contribution in [2.75, 3.05) is 0 Å². The fraction of sp³-hybridized carbons (Fsp3) is 0.655. The van der Waals surface area contributed by atoms with E-state index in [1.54, 1.807) is 16.7 Å². The van der Waals surface area contributed by atoms with Crippen molar-refractivity contribution in [1.29, 1.82) is 0 Å². The Labute approximate surface area is 184 Å². The maximum atomic E-state index is 2.57. The summed E-state index contributed by atoms with van der Waals surface area (Å²) in [5.41, 5.74) is 9.27. The Morgan fingerprint density at radius 1 is 0.862 bits per heavy atom. The molecule has 0 rings (SSSR count). The predicted molar refractivity (Wildman–Crippen MR) is 135 cm³/mol. The SMILES string of the molecule is C/C=C\C(=C(C)C)/C(CCCC)=C(CCC/C(C)=C\C)/C(=C/CC(C)CC)CC. The maximum Gasteiger partial charge on any atom is -0.0239 e. The molecule has 0 aliphatic heterocycles. The summed E-state index contributed by atoms with van der Waals surface area (Å²) < 4.78 is 0. The standard InChI is InChI=1S/C29H50/c1-10-15-19-29(27(17-11-2)23(6)7)28(20-16-18-24(8)12-3)26(14-5)22-21-25(9)13-4/h11-12,17,22,25H,10,13-16,18-21H2,1-9H3/b17-11-,24-12-,26-22+,29-28+. The molecule has 0 aromatic carbocycles. The molecule has 0 aromatic heterocycles. The summed E-state index contributed by atoms with van der Waals surface area (Å²) in [6, 6.07) is 0. The highest BCUT2D eigenvalue weighted by atomic mass is 14.2. The molecule has 0 saturated heterocycles. The van der Waals surface area contributed by atoms with Crippen molar-refractivity contribution in [2.24, 2.45) is 5.92 Å². The van der Waals surface area contributed by atoms with Crippen LogP contribution in [-0.2, 0) is 0 Å². The average Bonchev–Trinajstić information content (AvgIpc) is 2.71. The summed E-state index contributed by atoms with van der Waals surface area (Å²) in [4.78, 5) is 0. The lowest BCUT2D eigenvalue weighted by Gasteiger charge is -2.21. The van der Waals surface area contributed by atoms with Gasteiger partial charge < -0.3 is 0 Å². The maximum absolute atomic E-state index is 2.57. The Morgan fingerprint density at radius 3 is 2.00 bits per heavy atom. The van der Waals surface area contributed by atoms with Crippen LogP contribution < -0.4 is 0 Å². The van der Waals surface area contributed by atoms with E-state index in [0.717, 1.165) is 12.3 Å². The van der Waals surface area contributed by atoms with Crippen LogP contribution in [0.15, 0.2) is 57.7 Å². The van der Waals surface area contributed by atoms with E-state index in [0.29, 0.717) is 0 Å². The van der Waals surface area contributed by atoms with Crippen molar-refractivity contribution >= 4 is 0 Å². The number of allylic oxidation sites excluding steroid dienone is 10. The third kappa shape index (κ3) is 10.9. The molecule has 0 nitrogen and oxygen atoms in total. The molecule has 0 saturated carbocycles. The molecule has 0 N–H and O–H groups in total. The van der Waals surface area contributed by atoms with Gasteiger partial charge in [-0.2, -0.15) is 0 Å². The van der Waals surface area contributed by atoms with Crippen molar-refractivity contribution < 1.29 is 0 Å². The lowest BCUT2D eigenvalue weighted by Crippen LogP contribution is -2.02. The second kappa shape index (κ2) is 16.5. The van der Waals surface area contributed by atoms with Crippen molar-refractivity contribution in [1.82, 2.24) is 0 Å². The van der Waals surface area contributed by atoms with Gasteiger partial charge in [0.15, 0.2) is 0 Å². The second-order valence-electron chi connectivity index (χ2n) is 8.79. The van der Waals surface area contributed by atoms with Crippen molar-refractivity contribution in [3.05, 3.63) is 57.7 Å². The summed E-state index contributed by atoms with van der Waals surface area (Å²) in [5, 5.41) is 0. The first-order valence-electron chi connectivity index (χ1n) is 12.2. The van der Waals surface area contributed by atoms with Gasteiger partial charge in [0.25, 0.3) is 0 Å². The van der Waals surface area contributed by atoms with Crippen LogP contribution in [0, 0.1) is 5.92 Å². The third-order valence-electron chi connectivity index (χ3n) is 6.06. The Balaban J connectivity index is 6.37. The van der Waals surface area contributed by atoms with Crippen LogP contribution in [0.3, 0.4) is 0 Å². The summed E-state index contributed by atoms with van der Waals surface area (Å²) in [5.74, 6) is 0.764. The summed E-state index contributed by atoms with van der Waals surface area (Å²) >= 11 is 0. The first-order valence-corrected chi connectivity index (χ1v) is 12.2. The second-order valence-corrected chi connectivity index (χ2v) is 8.79. The molecule has 1 unspecified atom stereocenters. The Hall–Kier alpha value is -1.30. The van der Waals surface area contributed by atoms with E-state index in [4.69, 9.17) is 0 Å². The highest BCUT2D eigenvalue weighted by Crippen LogP contribution is 2.34. The molecule has 0 amide bonds. The number of rotatable bonds is 14. The van der Waals surface area contributed by atoms with Gasteiger partial charge in [-0.05, 0) is 108 Å². The average molecular weight is 399 g/mol. The summed E-state index contributed by atoms with van der Waals surface area (Å²) in [7, 11) is 0. The van der Waals surface area contributed by atoms with E-state index in [9.17, 15) is 0 Å². The molecule has 0 heterocycles. The van der Waals surface area contributed by atoms with E-state index < -0.39 is 0 Å². The highest BCUT2D eigenvalue weighted by molar-refractivity contribution is 5.50. The topological polar surface area (TPSA) is 0 Å². The molecule has 0 aromatic rings. The zero-order chi connectivity index (χ0) is 22.2. The molecule has 29 heavy (non-hydrogen) atoms. The first-order chi connectivity index (χ1) is 13.9. The van der Waals surface area contributed by atoms with Gasteiger partial charge in [0.1, 0.15) is 0 Å². The zero-order valence-corrected chi connectivity index (χ0v) is 21.3. The van der Waals surface area contributed by atoms with Crippen LogP contribution in [0.5, 0.6) is 0 Å². The molecule has 0 heteroatoms. The molecule has 1 atom stereocenters. The molecule has 0 fully saturated rings. The lowest BCUT2D eigenvalue weighted by atomic mass is 9.84. The molecule has 0 aliphatic carbocycles. The van der Waals surface area contributed by atoms with E-state index >= 15 is 0 Å². The van der Waals surface area contributed by atoms with Gasteiger partial charge in [0, 0.05) is 0 Å². The van der Waals surface area contributed by atoms with E-state index in [2.05, 4.69) is 86.6 Å². The van der Waals surface area contributed by atoms with Crippen LogP contribution in [-0.4, -0.2) is 0 Å². The van der Waals surface area contributed by atoms with Gasteiger partial charge in [-0.15, -0.1) is 0 Å². The van der Waals surface area contributed by atoms with Gasteiger partial charge in [-0.1, -0.05) is 76.0 Å². The number of hydrogen-bond donors (Lipinski definition) is 0. The monoisotopic (exact) mass is 398 g/mol. The lowest BCUT2D eigenvalue weighted by molar-refractivity contribution is 0.569. The smallest absolute Gasteiger partial charge is 0.0239 e. The zero-order valence-electron chi connectivity index (χ0n) is 21.3. The third-order valence-corrected chi connectivity index (χ3v) is 6.06. The molecular formula is C29H50. The minimum absolute atomic E-state index is 0.764. The van der Waals surface area contributed by atoms with Crippen LogP contribution >= 0.6 is 0 Å². The van der Waals surface area contributed by atoms with Gasteiger partial charge in [-0.3, -0.25) is 0 Å². The van der Waals surface area contributed by atoms with E-state index in [1.165, 1.54) is 68.1 Å². The van der Waals surface area contributed by atoms with Gasteiger partial charge in [0.05, 0.1) is 0 Å². The first kappa shape index (κ1) is 27.7. The molecule has 0 aliphatic rings. The van der Waals surface area contributed by atoms with Crippen LogP contribution in [0.4, 0.5) is 0 Å².